The van der Waals surface area contributed by atoms with Crippen molar-refractivity contribution < 1.29 is 23.5 Å². The van der Waals surface area contributed by atoms with Crippen LogP contribution >= 0.6 is 0 Å². The van der Waals surface area contributed by atoms with Crippen molar-refractivity contribution in [3.05, 3.63) is 46.7 Å². The van der Waals surface area contributed by atoms with Crippen LogP contribution in [0, 0.1) is 13.8 Å². The predicted molar refractivity (Wildman–Crippen MR) is 107 cm³/mol. The molecule has 0 unspecified atom stereocenters. The Morgan fingerprint density at radius 3 is 2.48 bits per heavy atom. The minimum absolute atomic E-state index is 0.00898. The molecule has 2 aromatic heterocycles. The molecule has 29 heavy (non-hydrogen) atoms. The summed E-state index contributed by atoms with van der Waals surface area (Å²) in [6.45, 7) is 3.49. The standard InChI is InChI=1S/C22H28N2O5/c1-14-19(15(2)23(3)20(14)22(27)28-4)17(25)13-24(16-9-6-5-7-10-16)21(26)18-11-8-12-29-18/h8,11-12,16H,5-7,9-10,13H2,1-4H3. The van der Waals surface area contributed by atoms with Crippen LogP contribution in [0.2, 0.25) is 0 Å². The molecule has 0 aromatic carbocycles. The van der Waals surface area contributed by atoms with E-state index in [0.29, 0.717) is 22.5 Å². The molecule has 2 heterocycles. The number of carbonyl (C=O) groups excluding carboxylic acids is 3. The zero-order valence-electron chi connectivity index (χ0n) is 17.5. The van der Waals surface area contributed by atoms with E-state index in [-0.39, 0.29) is 30.0 Å². The van der Waals surface area contributed by atoms with Gasteiger partial charge in [-0.2, -0.15) is 0 Å². The first kappa shape index (κ1) is 20.9. The van der Waals surface area contributed by atoms with Crippen LogP contribution in [0.15, 0.2) is 22.8 Å². The Morgan fingerprint density at radius 2 is 1.90 bits per heavy atom. The van der Waals surface area contributed by atoms with Gasteiger partial charge in [0.05, 0.1) is 19.9 Å². The number of hydrogen-bond donors (Lipinski definition) is 0. The van der Waals surface area contributed by atoms with E-state index in [1.54, 1.807) is 42.5 Å². The van der Waals surface area contributed by atoms with Gasteiger partial charge in [0.15, 0.2) is 11.5 Å². The Morgan fingerprint density at radius 1 is 1.21 bits per heavy atom. The monoisotopic (exact) mass is 400 g/mol. The molecule has 2 aromatic rings. The van der Waals surface area contributed by atoms with Crippen LogP contribution in [0.25, 0.3) is 0 Å². The predicted octanol–water partition coefficient (Wildman–Crippen LogP) is 3.68. The molecule has 7 heteroatoms. The summed E-state index contributed by atoms with van der Waals surface area (Å²) in [6.07, 6.45) is 6.43. The second kappa shape index (κ2) is 8.68. The van der Waals surface area contributed by atoms with E-state index >= 15 is 0 Å². The Bertz CT molecular complexity index is 904. The number of Topliss-reactive ketones (excluding diaryl/α,β-unsaturated/α-hetero) is 1. The maximum atomic E-state index is 13.3. The number of carbonyl (C=O) groups is 3. The normalized spacial score (nSPS) is 14.6. The summed E-state index contributed by atoms with van der Waals surface area (Å²) in [5, 5.41) is 0. The highest BCUT2D eigenvalue weighted by molar-refractivity contribution is 6.05. The summed E-state index contributed by atoms with van der Waals surface area (Å²) in [7, 11) is 3.05. The second-order valence-electron chi connectivity index (χ2n) is 7.61. The van der Waals surface area contributed by atoms with E-state index in [9.17, 15) is 14.4 Å². The average Bonchev–Trinajstić information content (AvgIpc) is 3.33. The van der Waals surface area contributed by atoms with Gasteiger partial charge in [0, 0.05) is 24.3 Å². The Kier molecular flexibility index (Phi) is 6.25. The molecule has 7 nitrogen and oxygen atoms in total. The highest BCUT2D eigenvalue weighted by Gasteiger charge is 2.32. The topological polar surface area (TPSA) is 81.8 Å². The summed E-state index contributed by atoms with van der Waals surface area (Å²) < 4.78 is 11.8. The molecule has 1 fully saturated rings. The van der Waals surface area contributed by atoms with Crippen molar-refractivity contribution in [2.75, 3.05) is 13.7 Å². The van der Waals surface area contributed by atoms with Crippen molar-refractivity contribution in [3.63, 3.8) is 0 Å². The smallest absolute Gasteiger partial charge is 0.354 e. The van der Waals surface area contributed by atoms with E-state index in [2.05, 4.69) is 0 Å². The first-order valence-electron chi connectivity index (χ1n) is 9.98. The maximum absolute atomic E-state index is 13.3. The van der Waals surface area contributed by atoms with Gasteiger partial charge >= 0.3 is 5.97 Å². The average molecular weight is 400 g/mol. The van der Waals surface area contributed by atoms with E-state index < -0.39 is 5.97 Å². The molecule has 0 atom stereocenters. The van der Waals surface area contributed by atoms with Crippen molar-refractivity contribution >= 4 is 17.7 Å². The highest BCUT2D eigenvalue weighted by atomic mass is 16.5. The molecule has 0 spiro atoms. The lowest BCUT2D eigenvalue weighted by molar-refractivity contribution is 0.0567. The van der Waals surface area contributed by atoms with Gasteiger partial charge < -0.3 is 18.6 Å². The Hall–Kier alpha value is -2.83. The van der Waals surface area contributed by atoms with E-state index in [4.69, 9.17) is 9.15 Å². The first-order valence-corrected chi connectivity index (χ1v) is 9.98. The third kappa shape index (κ3) is 3.99. The van der Waals surface area contributed by atoms with Gasteiger partial charge in [-0.1, -0.05) is 19.3 Å². The Balaban J connectivity index is 1.93. The van der Waals surface area contributed by atoms with Crippen molar-refractivity contribution in [2.45, 2.75) is 52.0 Å². The van der Waals surface area contributed by atoms with Gasteiger partial charge in [0.25, 0.3) is 5.91 Å². The zero-order chi connectivity index (χ0) is 21.1. The van der Waals surface area contributed by atoms with Crippen LogP contribution in [0.5, 0.6) is 0 Å². The first-order chi connectivity index (χ1) is 13.9. The fourth-order valence-corrected chi connectivity index (χ4v) is 4.31. The van der Waals surface area contributed by atoms with Crippen molar-refractivity contribution in [3.8, 4) is 0 Å². The number of nitrogens with zero attached hydrogens (tertiary/aromatic N) is 2. The summed E-state index contributed by atoms with van der Waals surface area (Å²) in [5.74, 6) is -0.700. The lowest BCUT2D eigenvalue weighted by Gasteiger charge is -2.33. The van der Waals surface area contributed by atoms with Gasteiger partial charge in [-0.05, 0) is 44.4 Å². The van der Waals surface area contributed by atoms with Gasteiger partial charge in [0.2, 0.25) is 0 Å². The molecule has 1 amide bonds. The number of ether oxygens (including phenoxy) is 1. The van der Waals surface area contributed by atoms with Crippen LogP contribution in [0.1, 0.15) is 74.8 Å². The van der Waals surface area contributed by atoms with Gasteiger partial charge in [-0.3, -0.25) is 9.59 Å². The largest absolute Gasteiger partial charge is 0.464 e. The van der Waals surface area contributed by atoms with Gasteiger partial charge in [0.1, 0.15) is 5.69 Å². The lowest BCUT2D eigenvalue weighted by atomic mass is 9.93. The minimum Gasteiger partial charge on any atom is -0.464 e. The second-order valence-corrected chi connectivity index (χ2v) is 7.61. The molecule has 0 aliphatic heterocycles. The maximum Gasteiger partial charge on any atom is 0.354 e. The SMILES string of the molecule is COC(=O)c1c(C)c(C(=O)CN(C(=O)c2ccco2)C2CCCCC2)c(C)n1C. The molecule has 1 saturated carbocycles. The quantitative estimate of drug-likeness (QED) is 0.546. The van der Waals surface area contributed by atoms with E-state index in [0.717, 1.165) is 32.1 Å². The molecular formula is C22H28N2O5. The number of amides is 1. The fourth-order valence-electron chi connectivity index (χ4n) is 4.31. The highest BCUT2D eigenvalue weighted by Crippen LogP contribution is 2.27. The molecule has 1 aliphatic carbocycles. The number of esters is 1. The van der Waals surface area contributed by atoms with Crippen LogP contribution in [-0.4, -0.2) is 46.8 Å². The summed E-state index contributed by atoms with van der Waals surface area (Å²) in [5.41, 5.74) is 2.09. The number of furan rings is 1. The summed E-state index contributed by atoms with van der Waals surface area (Å²) in [4.78, 5) is 40.2. The molecule has 156 valence electrons. The van der Waals surface area contributed by atoms with Crippen molar-refractivity contribution in [1.29, 1.82) is 0 Å². The lowest BCUT2D eigenvalue weighted by Crippen LogP contribution is -2.44. The number of hydrogen-bond acceptors (Lipinski definition) is 5. The van der Waals surface area contributed by atoms with Crippen LogP contribution in [0.3, 0.4) is 0 Å². The summed E-state index contributed by atoms with van der Waals surface area (Å²) >= 11 is 0. The number of aromatic nitrogens is 1. The molecule has 0 radical (unpaired) electrons. The summed E-state index contributed by atoms with van der Waals surface area (Å²) in [6, 6.07) is 3.30. The van der Waals surface area contributed by atoms with Crippen molar-refractivity contribution in [1.82, 2.24) is 9.47 Å². The number of rotatable bonds is 6. The zero-order valence-corrected chi connectivity index (χ0v) is 17.5. The van der Waals surface area contributed by atoms with E-state index in [1.807, 2.05) is 0 Å². The van der Waals surface area contributed by atoms with Crippen LogP contribution in [-0.2, 0) is 11.8 Å². The molecule has 0 bridgehead atoms. The van der Waals surface area contributed by atoms with Crippen LogP contribution in [0.4, 0.5) is 0 Å². The van der Waals surface area contributed by atoms with Crippen molar-refractivity contribution in [2.24, 2.45) is 7.05 Å². The minimum atomic E-state index is -0.483. The van der Waals surface area contributed by atoms with E-state index in [1.165, 1.54) is 13.4 Å². The fraction of sp³-hybridized carbons (Fsp3) is 0.500. The molecular weight excluding hydrogens is 372 g/mol. The third-order valence-electron chi connectivity index (χ3n) is 5.91. The number of methoxy groups -OCH3 is 1. The Labute approximate surface area is 170 Å². The van der Waals surface area contributed by atoms with Gasteiger partial charge in [-0.15, -0.1) is 0 Å². The molecule has 0 N–H and O–H groups in total. The van der Waals surface area contributed by atoms with Gasteiger partial charge in [-0.25, -0.2) is 4.79 Å². The number of ketones is 1. The van der Waals surface area contributed by atoms with Crippen LogP contribution < -0.4 is 0 Å². The molecule has 1 aliphatic rings. The molecule has 0 saturated heterocycles. The third-order valence-corrected chi connectivity index (χ3v) is 5.91. The molecule has 3 rings (SSSR count).